The van der Waals surface area contributed by atoms with E-state index in [4.69, 9.17) is 0 Å². The van der Waals surface area contributed by atoms with Crippen molar-refractivity contribution in [3.8, 4) is 5.75 Å². The van der Waals surface area contributed by atoms with E-state index in [9.17, 15) is 9.90 Å². The first-order valence-corrected chi connectivity index (χ1v) is 5.71. The molecule has 1 aromatic carbocycles. The lowest BCUT2D eigenvalue weighted by Crippen LogP contribution is -2.18. The predicted molar refractivity (Wildman–Crippen MR) is 71.2 cm³/mol. The number of nitrogens with one attached hydrogen (secondary N) is 2. The molecule has 0 atom stereocenters. The zero-order valence-electron chi connectivity index (χ0n) is 10.6. The van der Waals surface area contributed by atoms with E-state index in [0.29, 0.717) is 5.56 Å². The molecule has 1 amide bonds. The number of rotatable bonds is 3. The largest absolute Gasteiger partial charge is 0.507 e. The molecule has 0 saturated carbocycles. The lowest BCUT2D eigenvalue weighted by atomic mass is 10.1. The molecule has 1 heterocycles. The number of H-pyrrole nitrogens is 1. The molecule has 0 unspecified atom stereocenters. The van der Waals surface area contributed by atoms with Crippen molar-refractivity contribution in [2.45, 2.75) is 13.8 Å². The first kappa shape index (κ1) is 12.8. The van der Waals surface area contributed by atoms with Gasteiger partial charge in [-0.25, -0.2) is 5.43 Å². The highest BCUT2D eigenvalue weighted by Gasteiger charge is 2.07. The van der Waals surface area contributed by atoms with Crippen molar-refractivity contribution in [3.05, 3.63) is 46.8 Å². The van der Waals surface area contributed by atoms with Gasteiger partial charge in [0.2, 0.25) is 0 Å². The maximum Gasteiger partial charge on any atom is 0.291 e. The van der Waals surface area contributed by atoms with Crippen LogP contribution in [0.2, 0.25) is 0 Å². The van der Waals surface area contributed by atoms with Gasteiger partial charge in [-0.05, 0) is 37.6 Å². The average Bonchev–Trinajstić information content (AvgIpc) is 2.78. The molecule has 19 heavy (non-hydrogen) atoms. The van der Waals surface area contributed by atoms with Crippen molar-refractivity contribution < 1.29 is 9.90 Å². The van der Waals surface area contributed by atoms with Crippen LogP contribution in [-0.2, 0) is 0 Å². The summed E-state index contributed by atoms with van der Waals surface area (Å²) in [7, 11) is 0. The first-order valence-electron chi connectivity index (χ1n) is 5.71. The van der Waals surface area contributed by atoms with Gasteiger partial charge in [0, 0.05) is 11.3 Å². The summed E-state index contributed by atoms with van der Waals surface area (Å²) in [6, 6.07) is 6.81. The molecule has 98 valence electrons. The molecule has 0 aliphatic carbocycles. The molecule has 3 N–H and O–H groups in total. The summed E-state index contributed by atoms with van der Waals surface area (Å²) < 4.78 is 0. The third kappa shape index (κ3) is 3.19. The highest BCUT2D eigenvalue weighted by atomic mass is 16.3. The van der Waals surface area contributed by atoms with Gasteiger partial charge in [-0.15, -0.1) is 0 Å². The Labute approximate surface area is 110 Å². The molecule has 6 nitrogen and oxygen atoms in total. The van der Waals surface area contributed by atoms with Crippen molar-refractivity contribution in [3.63, 3.8) is 0 Å². The van der Waals surface area contributed by atoms with Crippen molar-refractivity contribution in [2.75, 3.05) is 0 Å². The molecule has 1 aromatic heterocycles. The lowest BCUT2D eigenvalue weighted by molar-refractivity contribution is 0.0950. The van der Waals surface area contributed by atoms with E-state index >= 15 is 0 Å². The Morgan fingerprint density at radius 1 is 1.42 bits per heavy atom. The van der Waals surface area contributed by atoms with Crippen LogP contribution in [0.5, 0.6) is 5.75 Å². The number of hydrazone groups is 1. The third-order valence-corrected chi connectivity index (χ3v) is 2.49. The van der Waals surface area contributed by atoms with Crippen LogP contribution in [0.15, 0.2) is 29.4 Å². The topological polar surface area (TPSA) is 90.4 Å². The molecule has 0 aliphatic rings. The lowest BCUT2D eigenvalue weighted by Gasteiger charge is -2.00. The number of carbonyl (C=O) groups excluding carboxylic acids is 1. The Hall–Kier alpha value is -2.63. The number of aryl methyl sites for hydroxylation is 2. The zero-order valence-corrected chi connectivity index (χ0v) is 10.6. The van der Waals surface area contributed by atoms with Crippen LogP contribution in [0.3, 0.4) is 0 Å². The second-order valence-electron chi connectivity index (χ2n) is 4.20. The molecule has 0 radical (unpaired) electrons. The van der Waals surface area contributed by atoms with Gasteiger partial charge in [0.25, 0.3) is 5.91 Å². The number of aromatic nitrogens is 2. The zero-order chi connectivity index (χ0) is 13.8. The molecular weight excluding hydrogens is 244 g/mol. The molecule has 0 saturated heterocycles. The minimum atomic E-state index is -0.410. The highest BCUT2D eigenvalue weighted by molar-refractivity contribution is 5.93. The molecule has 6 heteroatoms. The van der Waals surface area contributed by atoms with E-state index in [2.05, 4.69) is 20.7 Å². The van der Waals surface area contributed by atoms with E-state index in [1.54, 1.807) is 25.1 Å². The van der Waals surface area contributed by atoms with Crippen molar-refractivity contribution >= 4 is 12.1 Å². The SMILES string of the molecule is Cc1ccc(/C=N\NC(=O)c2cc(C)[nH]n2)c(O)c1. The Balaban J connectivity index is 2.02. The van der Waals surface area contributed by atoms with Crippen molar-refractivity contribution in [1.82, 2.24) is 15.6 Å². The monoisotopic (exact) mass is 258 g/mol. The standard InChI is InChI=1S/C13H14N4O2/c1-8-3-4-10(12(18)5-8)7-14-17-13(19)11-6-9(2)15-16-11/h3-7,18H,1-2H3,(H,15,16)(H,17,19)/b14-7-. The second kappa shape index (κ2) is 5.34. The molecule has 0 aliphatic heterocycles. The summed E-state index contributed by atoms with van der Waals surface area (Å²) in [5.74, 6) is -0.291. The summed E-state index contributed by atoms with van der Waals surface area (Å²) in [4.78, 5) is 11.6. The third-order valence-electron chi connectivity index (χ3n) is 2.49. The summed E-state index contributed by atoms with van der Waals surface area (Å²) in [5, 5.41) is 19.9. The molecule has 2 aromatic rings. The number of aromatic amines is 1. The van der Waals surface area contributed by atoms with Crippen LogP contribution in [0.1, 0.15) is 27.3 Å². The summed E-state index contributed by atoms with van der Waals surface area (Å²) in [6.07, 6.45) is 1.38. The predicted octanol–water partition coefficient (Wildman–Crippen LogP) is 1.50. The van der Waals surface area contributed by atoms with Crippen molar-refractivity contribution in [1.29, 1.82) is 0 Å². The van der Waals surface area contributed by atoms with Gasteiger partial charge >= 0.3 is 0 Å². The van der Waals surface area contributed by atoms with Gasteiger partial charge in [-0.2, -0.15) is 10.2 Å². The molecule has 2 rings (SSSR count). The first-order chi connectivity index (χ1) is 9.06. The van der Waals surface area contributed by atoms with Crippen LogP contribution in [0.4, 0.5) is 0 Å². The number of nitrogens with zero attached hydrogens (tertiary/aromatic N) is 2. The Morgan fingerprint density at radius 2 is 2.21 bits per heavy atom. The van der Waals surface area contributed by atoms with E-state index in [1.807, 2.05) is 13.0 Å². The number of carbonyl (C=O) groups is 1. The second-order valence-corrected chi connectivity index (χ2v) is 4.20. The minimum absolute atomic E-state index is 0.119. The summed E-state index contributed by atoms with van der Waals surface area (Å²) >= 11 is 0. The van der Waals surface area contributed by atoms with Gasteiger partial charge in [0.1, 0.15) is 5.75 Å². The van der Waals surface area contributed by atoms with E-state index < -0.39 is 5.91 Å². The van der Waals surface area contributed by atoms with Crippen LogP contribution in [0.25, 0.3) is 0 Å². The molecular formula is C13H14N4O2. The van der Waals surface area contributed by atoms with Gasteiger partial charge in [-0.3, -0.25) is 9.89 Å². The smallest absolute Gasteiger partial charge is 0.291 e. The fourth-order valence-corrected chi connectivity index (χ4v) is 1.51. The Kier molecular flexibility index (Phi) is 3.61. The number of phenols is 1. The van der Waals surface area contributed by atoms with Gasteiger partial charge in [0.05, 0.1) is 6.21 Å². The normalized spacial score (nSPS) is 10.8. The number of benzene rings is 1. The number of hydrogen-bond donors (Lipinski definition) is 3. The number of hydrogen-bond acceptors (Lipinski definition) is 4. The van der Waals surface area contributed by atoms with Crippen LogP contribution >= 0.6 is 0 Å². The van der Waals surface area contributed by atoms with Gasteiger partial charge in [-0.1, -0.05) is 6.07 Å². The summed E-state index contributed by atoms with van der Waals surface area (Å²) in [6.45, 7) is 3.68. The number of amides is 1. The van der Waals surface area contributed by atoms with Crippen molar-refractivity contribution in [2.24, 2.45) is 5.10 Å². The fourth-order valence-electron chi connectivity index (χ4n) is 1.51. The number of phenolic OH excluding ortho intramolecular Hbond substituents is 1. The maximum atomic E-state index is 11.6. The van der Waals surface area contributed by atoms with Gasteiger partial charge in [0.15, 0.2) is 5.69 Å². The highest BCUT2D eigenvalue weighted by Crippen LogP contribution is 2.15. The van der Waals surface area contributed by atoms with E-state index in [0.717, 1.165) is 11.3 Å². The maximum absolute atomic E-state index is 11.6. The fraction of sp³-hybridized carbons (Fsp3) is 0.154. The van der Waals surface area contributed by atoms with E-state index in [1.165, 1.54) is 6.21 Å². The minimum Gasteiger partial charge on any atom is -0.507 e. The van der Waals surface area contributed by atoms with Crippen LogP contribution in [0, 0.1) is 13.8 Å². The molecule has 0 fully saturated rings. The number of aromatic hydroxyl groups is 1. The quantitative estimate of drug-likeness (QED) is 0.575. The average molecular weight is 258 g/mol. The molecule has 0 bridgehead atoms. The molecule has 0 spiro atoms. The Bertz CT molecular complexity index is 631. The van der Waals surface area contributed by atoms with Gasteiger partial charge < -0.3 is 5.11 Å². The van der Waals surface area contributed by atoms with Crippen LogP contribution in [-0.4, -0.2) is 27.4 Å². The van der Waals surface area contributed by atoms with E-state index in [-0.39, 0.29) is 11.4 Å². The Morgan fingerprint density at radius 3 is 2.84 bits per heavy atom. The summed E-state index contributed by atoms with van der Waals surface area (Å²) in [5.41, 5.74) is 4.88. The van der Waals surface area contributed by atoms with Crippen LogP contribution < -0.4 is 5.43 Å².